The fourth-order valence-electron chi connectivity index (χ4n) is 2.35. The van der Waals surface area contributed by atoms with Crippen molar-refractivity contribution in [3.63, 3.8) is 0 Å². The minimum atomic E-state index is -0.216. The summed E-state index contributed by atoms with van der Waals surface area (Å²) in [5, 5.41) is 1.93. The molecular weight excluding hydrogens is 274 g/mol. The Bertz CT molecular complexity index is 405. The van der Waals surface area contributed by atoms with Crippen LogP contribution in [0.25, 0.3) is 0 Å². The quantitative estimate of drug-likeness (QED) is 0.416. The molecule has 1 heterocycles. The molecule has 0 radical (unpaired) electrons. The molecule has 1 rings (SSSR count). The molecule has 1 aromatic heterocycles. The Morgan fingerprint density at radius 3 is 2.75 bits per heavy atom. The Labute approximate surface area is 125 Å². The van der Waals surface area contributed by atoms with Gasteiger partial charge in [-0.15, -0.1) is 11.3 Å². The average molecular weight is 299 g/mol. The number of amides is 1. The molecule has 114 valence electrons. The number of carbonyl (C=O) groups excluding carboxylic acids is 1. The van der Waals surface area contributed by atoms with Crippen molar-refractivity contribution in [3.05, 3.63) is 21.9 Å². The normalized spacial score (nSPS) is 11.3. The van der Waals surface area contributed by atoms with Crippen LogP contribution in [0.5, 0.6) is 0 Å². The number of hydrogen-bond acceptors (Lipinski definition) is 5. The van der Waals surface area contributed by atoms with Crippen LogP contribution in [0.15, 0.2) is 11.4 Å². The number of nitrogens with two attached hydrogens (primary N) is 1. The lowest BCUT2D eigenvalue weighted by Gasteiger charge is -2.30. The van der Waals surface area contributed by atoms with Gasteiger partial charge in [0, 0.05) is 26.2 Å². The first-order chi connectivity index (χ1) is 9.67. The van der Waals surface area contributed by atoms with Crippen molar-refractivity contribution in [2.75, 3.05) is 20.3 Å². The SMILES string of the molecule is CCC(CC)N(CCOC)Cc1ccsc1C(=O)NN. The number of ether oxygens (including phenoxy) is 1. The lowest BCUT2D eigenvalue weighted by molar-refractivity contribution is 0.0949. The Hall–Kier alpha value is -0.950. The standard InChI is InChI=1S/C14H25N3O2S/c1-4-12(5-2)17(7-8-19-3)10-11-6-9-20-13(11)14(18)16-15/h6,9,12H,4-5,7-8,10,15H2,1-3H3,(H,16,18). The molecule has 0 unspecified atom stereocenters. The van der Waals surface area contributed by atoms with Gasteiger partial charge in [-0.1, -0.05) is 13.8 Å². The zero-order chi connectivity index (χ0) is 15.0. The number of methoxy groups -OCH3 is 1. The summed E-state index contributed by atoms with van der Waals surface area (Å²) in [5.74, 6) is 5.01. The topological polar surface area (TPSA) is 67.6 Å². The van der Waals surface area contributed by atoms with Gasteiger partial charge >= 0.3 is 0 Å². The molecule has 5 nitrogen and oxygen atoms in total. The number of carbonyl (C=O) groups is 1. The number of thiophene rings is 1. The van der Waals surface area contributed by atoms with Gasteiger partial charge in [-0.2, -0.15) is 0 Å². The van der Waals surface area contributed by atoms with Gasteiger partial charge in [-0.25, -0.2) is 5.84 Å². The number of hydrazine groups is 1. The summed E-state index contributed by atoms with van der Waals surface area (Å²) < 4.78 is 5.19. The van der Waals surface area contributed by atoms with Crippen LogP contribution in [-0.4, -0.2) is 37.1 Å². The number of hydrogen-bond donors (Lipinski definition) is 2. The van der Waals surface area contributed by atoms with Crippen molar-refractivity contribution >= 4 is 17.2 Å². The molecule has 0 saturated carbocycles. The highest BCUT2D eigenvalue weighted by molar-refractivity contribution is 7.12. The summed E-state index contributed by atoms with van der Waals surface area (Å²) in [4.78, 5) is 14.8. The van der Waals surface area contributed by atoms with Gasteiger partial charge in [0.15, 0.2) is 0 Å². The van der Waals surface area contributed by atoms with E-state index in [2.05, 4.69) is 24.2 Å². The molecule has 6 heteroatoms. The lowest BCUT2D eigenvalue weighted by atomic mass is 10.1. The van der Waals surface area contributed by atoms with E-state index in [1.807, 2.05) is 11.4 Å². The van der Waals surface area contributed by atoms with E-state index >= 15 is 0 Å². The maximum absolute atomic E-state index is 11.7. The van der Waals surface area contributed by atoms with Crippen molar-refractivity contribution in [2.45, 2.75) is 39.3 Å². The number of nitrogen functional groups attached to an aromatic ring is 1. The molecule has 0 aliphatic carbocycles. The van der Waals surface area contributed by atoms with Crippen LogP contribution < -0.4 is 11.3 Å². The van der Waals surface area contributed by atoms with Crippen molar-refractivity contribution in [2.24, 2.45) is 5.84 Å². The van der Waals surface area contributed by atoms with E-state index in [1.54, 1.807) is 7.11 Å². The molecule has 1 aromatic rings. The summed E-state index contributed by atoms with van der Waals surface area (Å²) in [5.41, 5.74) is 3.24. The van der Waals surface area contributed by atoms with Gasteiger partial charge in [0.05, 0.1) is 11.5 Å². The van der Waals surface area contributed by atoms with Crippen molar-refractivity contribution < 1.29 is 9.53 Å². The first kappa shape index (κ1) is 17.1. The molecule has 0 fully saturated rings. The van der Waals surface area contributed by atoms with E-state index in [0.717, 1.165) is 31.5 Å². The summed E-state index contributed by atoms with van der Waals surface area (Å²) in [6.07, 6.45) is 2.17. The Balaban J connectivity index is 2.83. The van der Waals surface area contributed by atoms with Crippen molar-refractivity contribution in [3.8, 4) is 0 Å². The van der Waals surface area contributed by atoms with Crippen LogP contribution in [-0.2, 0) is 11.3 Å². The largest absolute Gasteiger partial charge is 0.383 e. The molecule has 20 heavy (non-hydrogen) atoms. The zero-order valence-electron chi connectivity index (χ0n) is 12.5. The fraction of sp³-hybridized carbons (Fsp3) is 0.643. The van der Waals surface area contributed by atoms with E-state index in [1.165, 1.54) is 11.3 Å². The Kier molecular flexibility index (Phi) is 7.76. The first-order valence-electron chi connectivity index (χ1n) is 6.98. The van der Waals surface area contributed by atoms with Crippen LogP contribution in [0.2, 0.25) is 0 Å². The van der Waals surface area contributed by atoms with Gasteiger partial charge in [-0.05, 0) is 29.9 Å². The van der Waals surface area contributed by atoms with Crippen LogP contribution in [0.4, 0.5) is 0 Å². The fourth-order valence-corrected chi connectivity index (χ4v) is 3.17. The van der Waals surface area contributed by atoms with E-state index in [0.29, 0.717) is 17.5 Å². The number of nitrogens with one attached hydrogen (secondary N) is 1. The zero-order valence-corrected chi connectivity index (χ0v) is 13.3. The first-order valence-corrected chi connectivity index (χ1v) is 7.86. The lowest BCUT2D eigenvalue weighted by Crippen LogP contribution is -2.37. The second-order valence-corrected chi connectivity index (χ2v) is 5.60. The molecule has 0 aliphatic heterocycles. The van der Waals surface area contributed by atoms with Crippen molar-refractivity contribution in [1.82, 2.24) is 10.3 Å². The number of rotatable bonds is 9. The minimum Gasteiger partial charge on any atom is -0.383 e. The molecule has 0 saturated heterocycles. The molecule has 3 N–H and O–H groups in total. The van der Waals surface area contributed by atoms with Gasteiger partial charge < -0.3 is 4.74 Å². The second kappa shape index (κ2) is 9.07. The molecule has 0 atom stereocenters. The second-order valence-electron chi connectivity index (χ2n) is 4.68. The molecule has 0 aromatic carbocycles. The highest BCUT2D eigenvalue weighted by atomic mass is 32.1. The Morgan fingerprint density at radius 2 is 2.20 bits per heavy atom. The predicted molar refractivity (Wildman–Crippen MR) is 82.6 cm³/mol. The van der Waals surface area contributed by atoms with E-state index < -0.39 is 0 Å². The van der Waals surface area contributed by atoms with Crippen LogP contribution in [0, 0.1) is 0 Å². The summed E-state index contributed by atoms with van der Waals surface area (Å²) >= 11 is 1.43. The highest BCUT2D eigenvalue weighted by Gasteiger charge is 2.19. The molecule has 0 aliphatic rings. The monoisotopic (exact) mass is 299 g/mol. The third-order valence-electron chi connectivity index (χ3n) is 3.50. The van der Waals surface area contributed by atoms with E-state index in [9.17, 15) is 4.79 Å². The molecular formula is C14H25N3O2S. The maximum atomic E-state index is 11.7. The van der Waals surface area contributed by atoms with Crippen LogP contribution in [0.3, 0.4) is 0 Å². The van der Waals surface area contributed by atoms with Gasteiger partial charge in [0.1, 0.15) is 0 Å². The van der Waals surface area contributed by atoms with Gasteiger partial charge in [0.2, 0.25) is 0 Å². The maximum Gasteiger partial charge on any atom is 0.275 e. The molecule has 0 bridgehead atoms. The summed E-state index contributed by atoms with van der Waals surface area (Å²) in [6, 6.07) is 2.50. The number of nitrogens with zero attached hydrogens (tertiary/aromatic N) is 1. The van der Waals surface area contributed by atoms with Crippen LogP contribution >= 0.6 is 11.3 Å². The smallest absolute Gasteiger partial charge is 0.275 e. The van der Waals surface area contributed by atoms with E-state index in [-0.39, 0.29) is 5.91 Å². The van der Waals surface area contributed by atoms with Crippen molar-refractivity contribution in [1.29, 1.82) is 0 Å². The Morgan fingerprint density at radius 1 is 1.50 bits per heavy atom. The summed E-state index contributed by atoms with van der Waals surface area (Å²) in [6.45, 7) is 6.69. The average Bonchev–Trinajstić information content (AvgIpc) is 2.93. The van der Waals surface area contributed by atoms with Crippen LogP contribution in [0.1, 0.15) is 41.9 Å². The molecule has 1 amide bonds. The predicted octanol–water partition coefficient (Wildman–Crippen LogP) is 1.99. The van der Waals surface area contributed by atoms with E-state index in [4.69, 9.17) is 10.6 Å². The minimum absolute atomic E-state index is 0.216. The van der Waals surface area contributed by atoms with Gasteiger partial charge in [-0.3, -0.25) is 15.1 Å². The third kappa shape index (κ3) is 4.56. The van der Waals surface area contributed by atoms with Gasteiger partial charge in [0.25, 0.3) is 5.91 Å². The summed E-state index contributed by atoms with van der Waals surface area (Å²) in [7, 11) is 1.71. The molecule has 0 spiro atoms. The third-order valence-corrected chi connectivity index (χ3v) is 4.45. The highest BCUT2D eigenvalue weighted by Crippen LogP contribution is 2.21.